The van der Waals surface area contributed by atoms with E-state index in [-0.39, 0.29) is 0 Å². The number of nitrogen functional groups attached to an aromatic ring is 1. The Morgan fingerprint density at radius 1 is 1.11 bits per heavy atom. The Morgan fingerprint density at radius 2 is 1.89 bits per heavy atom. The van der Waals surface area contributed by atoms with Gasteiger partial charge in [-0.05, 0) is 23.8 Å². The number of carbonyl (C=O) groups is 1. The Labute approximate surface area is 105 Å². The van der Waals surface area contributed by atoms with Gasteiger partial charge >= 0.3 is 5.97 Å². The zero-order valence-corrected chi connectivity index (χ0v) is 9.80. The molecule has 0 aromatic heterocycles. The fourth-order valence-corrected chi connectivity index (χ4v) is 1.51. The number of rotatable bonds is 4. The van der Waals surface area contributed by atoms with Crippen molar-refractivity contribution in [3.8, 4) is 0 Å². The number of benzene rings is 2. The molecule has 0 aliphatic heterocycles. The predicted octanol–water partition coefficient (Wildman–Crippen LogP) is 2.13. The molecule has 0 aliphatic rings. The van der Waals surface area contributed by atoms with Crippen LogP contribution in [0.3, 0.4) is 0 Å². The summed E-state index contributed by atoms with van der Waals surface area (Å²) in [7, 11) is 0. The smallest absolute Gasteiger partial charge is 0.356 e. The Hall–Kier alpha value is -2.33. The van der Waals surface area contributed by atoms with Crippen LogP contribution in [0.25, 0.3) is 0 Å². The van der Waals surface area contributed by atoms with Crippen molar-refractivity contribution >= 4 is 11.7 Å². The molecule has 3 N–H and O–H groups in total. The van der Waals surface area contributed by atoms with Crippen LogP contribution < -0.4 is 11.2 Å². The molecule has 0 atom stereocenters. The number of hydroxylamine groups is 1. The molecular formula is C14H14N2O2. The quantitative estimate of drug-likeness (QED) is 0.636. The van der Waals surface area contributed by atoms with Crippen molar-refractivity contribution in [2.24, 2.45) is 0 Å². The molecule has 0 aliphatic carbocycles. The first-order chi connectivity index (χ1) is 8.75. The van der Waals surface area contributed by atoms with Crippen molar-refractivity contribution in [3.05, 3.63) is 65.7 Å². The fraction of sp³-hybridized carbons (Fsp3) is 0.0714. The lowest BCUT2D eigenvalue weighted by Crippen LogP contribution is -2.19. The number of hydrogen-bond donors (Lipinski definition) is 2. The fourth-order valence-electron chi connectivity index (χ4n) is 1.51. The molecular weight excluding hydrogens is 228 g/mol. The average Bonchev–Trinajstić information content (AvgIpc) is 2.40. The van der Waals surface area contributed by atoms with Crippen LogP contribution >= 0.6 is 0 Å². The molecule has 92 valence electrons. The van der Waals surface area contributed by atoms with Crippen molar-refractivity contribution in [2.45, 2.75) is 6.54 Å². The normalized spacial score (nSPS) is 10.0. The molecule has 0 radical (unpaired) electrons. The number of carbonyl (C=O) groups excluding carboxylic acids is 1. The molecule has 18 heavy (non-hydrogen) atoms. The number of anilines is 1. The Morgan fingerprint density at radius 3 is 2.61 bits per heavy atom. The maximum absolute atomic E-state index is 11.6. The predicted molar refractivity (Wildman–Crippen MR) is 69.6 cm³/mol. The molecule has 0 saturated heterocycles. The van der Waals surface area contributed by atoms with E-state index in [4.69, 9.17) is 10.6 Å². The standard InChI is InChI=1S/C14H14N2O2/c15-13-8-4-7-12(9-13)14(17)18-16-10-11-5-2-1-3-6-11/h1-9,16H,10,15H2. The van der Waals surface area contributed by atoms with E-state index in [0.29, 0.717) is 17.8 Å². The van der Waals surface area contributed by atoms with E-state index < -0.39 is 5.97 Å². The van der Waals surface area contributed by atoms with E-state index in [0.717, 1.165) is 5.56 Å². The molecule has 0 unspecified atom stereocenters. The summed E-state index contributed by atoms with van der Waals surface area (Å²) in [6, 6.07) is 16.3. The molecule has 0 fully saturated rings. The highest BCUT2D eigenvalue weighted by Crippen LogP contribution is 2.07. The van der Waals surface area contributed by atoms with Crippen molar-refractivity contribution in [1.29, 1.82) is 0 Å². The molecule has 2 aromatic rings. The lowest BCUT2D eigenvalue weighted by Gasteiger charge is -2.06. The highest BCUT2D eigenvalue weighted by atomic mass is 16.7. The average molecular weight is 242 g/mol. The maximum atomic E-state index is 11.6. The maximum Gasteiger partial charge on any atom is 0.356 e. The monoisotopic (exact) mass is 242 g/mol. The summed E-state index contributed by atoms with van der Waals surface area (Å²) in [5.41, 5.74) is 10.2. The van der Waals surface area contributed by atoms with Crippen LogP contribution in [0.1, 0.15) is 15.9 Å². The van der Waals surface area contributed by atoms with E-state index in [1.165, 1.54) is 0 Å². The van der Waals surface area contributed by atoms with E-state index in [2.05, 4.69) is 5.48 Å². The molecule has 0 bridgehead atoms. The van der Waals surface area contributed by atoms with Crippen LogP contribution in [0.4, 0.5) is 5.69 Å². The summed E-state index contributed by atoms with van der Waals surface area (Å²) in [6.45, 7) is 0.467. The summed E-state index contributed by atoms with van der Waals surface area (Å²) in [5, 5.41) is 0. The Bertz CT molecular complexity index is 526. The molecule has 4 nitrogen and oxygen atoms in total. The lowest BCUT2D eigenvalue weighted by molar-refractivity contribution is 0.0237. The largest absolute Gasteiger partial charge is 0.399 e. The van der Waals surface area contributed by atoms with Gasteiger partial charge in [0.15, 0.2) is 0 Å². The van der Waals surface area contributed by atoms with Crippen LogP contribution in [-0.4, -0.2) is 5.97 Å². The highest BCUT2D eigenvalue weighted by molar-refractivity contribution is 5.90. The zero-order chi connectivity index (χ0) is 12.8. The minimum atomic E-state index is -0.446. The van der Waals surface area contributed by atoms with E-state index in [9.17, 15) is 4.79 Å². The first kappa shape index (κ1) is 12.1. The molecule has 0 spiro atoms. The van der Waals surface area contributed by atoms with Crippen molar-refractivity contribution in [1.82, 2.24) is 5.48 Å². The van der Waals surface area contributed by atoms with Gasteiger partial charge in [0, 0.05) is 5.69 Å². The summed E-state index contributed by atoms with van der Waals surface area (Å²) < 4.78 is 0. The summed E-state index contributed by atoms with van der Waals surface area (Å²) in [5.74, 6) is -0.446. The van der Waals surface area contributed by atoms with Gasteiger partial charge < -0.3 is 10.6 Å². The lowest BCUT2D eigenvalue weighted by atomic mass is 10.2. The first-order valence-corrected chi connectivity index (χ1v) is 5.59. The molecule has 0 saturated carbocycles. The SMILES string of the molecule is Nc1cccc(C(=O)ONCc2ccccc2)c1. The van der Waals surface area contributed by atoms with Crippen LogP contribution in [0.2, 0.25) is 0 Å². The summed E-state index contributed by atoms with van der Waals surface area (Å²) >= 11 is 0. The topological polar surface area (TPSA) is 64.4 Å². The number of nitrogens with one attached hydrogen (secondary N) is 1. The molecule has 0 heterocycles. The minimum absolute atomic E-state index is 0.426. The highest BCUT2D eigenvalue weighted by Gasteiger charge is 2.06. The van der Waals surface area contributed by atoms with Gasteiger partial charge in [0.25, 0.3) is 0 Å². The summed E-state index contributed by atoms with van der Waals surface area (Å²) in [6.07, 6.45) is 0. The third kappa shape index (κ3) is 3.33. The van der Waals surface area contributed by atoms with Crippen molar-refractivity contribution in [3.63, 3.8) is 0 Å². The van der Waals surface area contributed by atoms with Crippen LogP contribution in [0.15, 0.2) is 54.6 Å². The third-order valence-corrected chi connectivity index (χ3v) is 2.41. The summed E-state index contributed by atoms with van der Waals surface area (Å²) in [4.78, 5) is 16.6. The molecule has 0 amide bonds. The van der Waals surface area contributed by atoms with Crippen LogP contribution in [0, 0.1) is 0 Å². The van der Waals surface area contributed by atoms with Crippen LogP contribution in [-0.2, 0) is 11.4 Å². The number of nitrogens with two attached hydrogens (primary N) is 1. The van der Waals surface area contributed by atoms with E-state index in [1.54, 1.807) is 24.3 Å². The number of hydrogen-bond acceptors (Lipinski definition) is 4. The van der Waals surface area contributed by atoms with Gasteiger partial charge in [0.2, 0.25) is 0 Å². The van der Waals surface area contributed by atoms with Crippen molar-refractivity contribution in [2.75, 3.05) is 5.73 Å². The minimum Gasteiger partial charge on any atom is -0.399 e. The van der Waals surface area contributed by atoms with Gasteiger partial charge in [-0.3, -0.25) is 0 Å². The molecule has 4 heteroatoms. The van der Waals surface area contributed by atoms with E-state index >= 15 is 0 Å². The zero-order valence-electron chi connectivity index (χ0n) is 9.80. The third-order valence-electron chi connectivity index (χ3n) is 2.41. The van der Waals surface area contributed by atoms with Gasteiger partial charge in [0.1, 0.15) is 0 Å². The van der Waals surface area contributed by atoms with Gasteiger partial charge in [-0.2, -0.15) is 0 Å². The van der Waals surface area contributed by atoms with Gasteiger partial charge in [-0.1, -0.05) is 36.4 Å². The second kappa shape index (κ2) is 5.84. The second-order valence-corrected chi connectivity index (χ2v) is 3.82. The van der Waals surface area contributed by atoms with E-state index in [1.807, 2.05) is 30.3 Å². The molecule has 2 aromatic carbocycles. The second-order valence-electron chi connectivity index (χ2n) is 3.82. The van der Waals surface area contributed by atoms with Gasteiger partial charge in [0.05, 0.1) is 12.1 Å². The van der Waals surface area contributed by atoms with Gasteiger partial charge in [-0.25, -0.2) is 4.79 Å². The Kier molecular flexibility index (Phi) is 3.94. The van der Waals surface area contributed by atoms with Crippen molar-refractivity contribution < 1.29 is 9.63 Å². The molecule has 2 rings (SSSR count). The van der Waals surface area contributed by atoms with Gasteiger partial charge in [-0.15, -0.1) is 5.48 Å². The van der Waals surface area contributed by atoms with Crippen LogP contribution in [0.5, 0.6) is 0 Å². The first-order valence-electron chi connectivity index (χ1n) is 5.59. The Balaban J connectivity index is 1.86.